The van der Waals surface area contributed by atoms with E-state index in [9.17, 15) is 13.2 Å². The molecule has 0 aliphatic carbocycles. The van der Waals surface area contributed by atoms with Crippen molar-refractivity contribution in [2.45, 2.75) is 39.1 Å². The Bertz CT molecular complexity index is 352. The number of hydrogen-bond donors (Lipinski definition) is 0. The van der Waals surface area contributed by atoms with Crippen LogP contribution in [0, 0.1) is 0 Å². The van der Waals surface area contributed by atoms with Gasteiger partial charge in [-0.1, -0.05) is 6.92 Å². The Hall–Kier alpha value is -0.560. The SMILES string of the molecule is CCCn1cc(Br)c(COCCC(F)(F)F)n1. The third-order valence-corrected chi connectivity index (χ3v) is 2.67. The molecule has 1 heterocycles. The molecule has 98 valence electrons. The molecule has 0 saturated carbocycles. The quantitative estimate of drug-likeness (QED) is 0.751. The summed E-state index contributed by atoms with van der Waals surface area (Å²) in [6.45, 7) is 2.56. The summed E-state index contributed by atoms with van der Waals surface area (Å²) < 4.78 is 43.0. The van der Waals surface area contributed by atoms with Crippen LogP contribution in [0.15, 0.2) is 10.7 Å². The summed E-state index contributed by atoms with van der Waals surface area (Å²) >= 11 is 3.29. The molecule has 3 nitrogen and oxygen atoms in total. The molecule has 0 aliphatic rings. The van der Waals surface area contributed by atoms with Crippen molar-refractivity contribution >= 4 is 15.9 Å². The molecule has 0 radical (unpaired) electrons. The van der Waals surface area contributed by atoms with Crippen molar-refractivity contribution in [3.05, 3.63) is 16.4 Å². The fraction of sp³-hybridized carbons (Fsp3) is 0.700. The van der Waals surface area contributed by atoms with Crippen LogP contribution in [0.3, 0.4) is 0 Å². The molecule has 1 aromatic rings. The van der Waals surface area contributed by atoms with Gasteiger partial charge in [0.2, 0.25) is 0 Å². The van der Waals surface area contributed by atoms with Crippen LogP contribution in [0.4, 0.5) is 13.2 Å². The number of halogens is 4. The fourth-order valence-corrected chi connectivity index (χ4v) is 1.67. The summed E-state index contributed by atoms with van der Waals surface area (Å²) in [6, 6.07) is 0. The molecule has 0 unspecified atom stereocenters. The zero-order valence-corrected chi connectivity index (χ0v) is 11.0. The molecule has 0 bridgehead atoms. The summed E-state index contributed by atoms with van der Waals surface area (Å²) in [5.41, 5.74) is 0.626. The highest BCUT2D eigenvalue weighted by atomic mass is 79.9. The second-order valence-corrected chi connectivity index (χ2v) is 4.46. The minimum Gasteiger partial charge on any atom is -0.375 e. The summed E-state index contributed by atoms with van der Waals surface area (Å²) in [5, 5.41) is 4.20. The van der Waals surface area contributed by atoms with Crippen molar-refractivity contribution in [1.82, 2.24) is 9.78 Å². The molecule has 0 fully saturated rings. The highest BCUT2D eigenvalue weighted by Gasteiger charge is 2.26. The van der Waals surface area contributed by atoms with Crippen molar-refractivity contribution in [3.63, 3.8) is 0 Å². The minimum atomic E-state index is -4.17. The van der Waals surface area contributed by atoms with Crippen molar-refractivity contribution in [3.8, 4) is 0 Å². The first kappa shape index (κ1) is 14.5. The average molecular weight is 315 g/mol. The van der Waals surface area contributed by atoms with E-state index < -0.39 is 12.6 Å². The Morgan fingerprint density at radius 2 is 2.18 bits per heavy atom. The predicted molar refractivity (Wildman–Crippen MR) is 60.5 cm³/mol. The van der Waals surface area contributed by atoms with Crippen molar-refractivity contribution in [2.75, 3.05) is 6.61 Å². The number of rotatable bonds is 6. The van der Waals surface area contributed by atoms with Gasteiger partial charge in [-0.25, -0.2) is 0 Å². The van der Waals surface area contributed by atoms with Gasteiger partial charge in [-0.15, -0.1) is 0 Å². The molecule has 0 amide bonds. The Morgan fingerprint density at radius 1 is 1.47 bits per heavy atom. The van der Waals surface area contributed by atoms with Gasteiger partial charge in [0.25, 0.3) is 0 Å². The number of nitrogens with zero attached hydrogens (tertiary/aromatic N) is 2. The maximum absolute atomic E-state index is 11.9. The molecule has 17 heavy (non-hydrogen) atoms. The molecule has 0 aromatic carbocycles. The van der Waals surface area contributed by atoms with E-state index in [0.717, 1.165) is 17.4 Å². The molecule has 0 spiro atoms. The lowest BCUT2D eigenvalue weighted by Gasteiger charge is -2.06. The van der Waals surface area contributed by atoms with Crippen LogP contribution in [-0.2, 0) is 17.9 Å². The monoisotopic (exact) mass is 314 g/mol. The van der Waals surface area contributed by atoms with Crippen molar-refractivity contribution in [2.24, 2.45) is 0 Å². The van der Waals surface area contributed by atoms with E-state index in [0.29, 0.717) is 5.69 Å². The van der Waals surface area contributed by atoms with Gasteiger partial charge in [0.15, 0.2) is 0 Å². The van der Waals surface area contributed by atoms with Crippen molar-refractivity contribution in [1.29, 1.82) is 0 Å². The van der Waals surface area contributed by atoms with E-state index in [1.54, 1.807) is 10.9 Å². The second-order valence-electron chi connectivity index (χ2n) is 3.60. The Kier molecular flexibility index (Phi) is 5.45. The van der Waals surface area contributed by atoms with Gasteiger partial charge < -0.3 is 4.74 Å². The van der Waals surface area contributed by atoms with E-state index >= 15 is 0 Å². The van der Waals surface area contributed by atoms with Crippen LogP contribution in [-0.4, -0.2) is 22.6 Å². The highest BCUT2D eigenvalue weighted by Crippen LogP contribution is 2.20. The van der Waals surface area contributed by atoms with E-state index in [1.165, 1.54) is 0 Å². The maximum Gasteiger partial charge on any atom is 0.391 e. The number of hydrogen-bond acceptors (Lipinski definition) is 2. The molecular formula is C10H14BrF3N2O. The lowest BCUT2D eigenvalue weighted by atomic mass is 10.4. The van der Waals surface area contributed by atoms with Gasteiger partial charge in [0.05, 0.1) is 24.1 Å². The standard InChI is InChI=1S/C10H14BrF3N2O/c1-2-4-16-6-8(11)9(15-16)7-17-5-3-10(12,13)14/h6H,2-5,7H2,1H3. The van der Waals surface area contributed by atoms with E-state index in [1.807, 2.05) is 6.92 Å². The van der Waals surface area contributed by atoms with Gasteiger partial charge in [-0.3, -0.25) is 4.68 Å². The van der Waals surface area contributed by atoms with Crippen LogP contribution < -0.4 is 0 Å². The van der Waals surface area contributed by atoms with E-state index in [-0.39, 0.29) is 13.2 Å². The molecular weight excluding hydrogens is 301 g/mol. The first-order valence-electron chi connectivity index (χ1n) is 5.28. The smallest absolute Gasteiger partial charge is 0.375 e. The summed E-state index contributed by atoms with van der Waals surface area (Å²) in [4.78, 5) is 0. The zero-order chi connectivity index (χ0) is 12.9. The zero-order valence-electron chi connectivity index (χ0n) is 9.43. The molecule has 0 N–H and O–H groups in total. The van der Waals surface area contributed by atoms with E-state index in [2.05, 4.69) is 21.0 Å². The molecule has 0 saturated heterocycles. The first-order valence-corrected chi connectivity index (χ1v) is 6.08. The predicted octanol–water partition coefficient (Wildman–Crippen LogP) is 3.52. The summed E-state index contributed by atoms with van der Waals surface area (Å²) in [6.07, 6.45) is -2.35. The topological polar surface area (TPSA) is 27.1 Å². The van der Waals surface area contributed by atoms with Crippen LogP contribution in [0.5, 0.6) is 0 Å². The lowest BCUT2D eigenvalue weighted by molar-refractivity contribution is -0.146. The lowest BCUT2D eigenvalue weighted by Crippen LogP contribution is -2.11. The fourth-order valence-electron chi connectivity index (χ4n) is 1.24. The molecule has 0 atom stereocenters. The number of ether oxygens (including phenoxy) is 1. The third kappa shape index (κ3) is 5.54. The normalized spacial score (nSPS) is 12.1. The van der Waals surface area contributed by atoms with Crippen molar-refractivity contribution < 1.29 is 17.9 Å². The van der Waals surface area contributed by atoms with Gasteiger partial charge >= 0.3 is 6.18 Å². The third-order valence-electron chi connectivity index (χ3n) is 2.01. The maximum atomic E-state index is 11.9. The second kappa shape index (κ2) is 6.39. The number of aromatic nitrogens is 2. The van der Waals surface area contributed by atoms with Gasteiger partial charge in [0, 0.05) is 12.7 Å². The highest BCUT2D eigenvalue weighted by molar-refractivity contribution is 9.10. The van der Waals surface area contributed by atoms with E-state index in [4.69, 9.17) is 4.74 Å². The van der Waals surface area contributed by atoms with Crippen LogP contribution in [0.25, 0.3) is 0 Å². The van der Waals surface area contributed by atoms with Gasteiger partial charge in [-0.2, -0.15) is 18.3 Å². The Balaban J connectivity index is 2.36. The Labute approximate surface area is 106 Å². The van der Waals surface area contributed by atoms with Gasteiger partial charge in [-0.05, 0) is 22.4 Å². The number of alkyl halides is 3. The molecule has 7 heteroatoms. The molecule has 0 aliphatic heterocycles. The summed E-state index contributed by atoms with van der Waals surface area (Å²) in [5.74, 6) is 0. The molecule has 1 aromatic heterocycles. The van der Waals surface area contributed by atoms with Gasteiger partial charge in [0.1, 0.15) is 5.69 Å². The van der Waals surface area contributed by atoms with Crippen LogP contribution in [0.2, 0.25) is 0 Å². The molecule has 1 rings (SSSR count). The van der Waals surface area contributed by atoms with Crippen LogP contribution >= 0.6 is 15.9 Å². The largest absolute Gasteiger partial charge is 0.391 e. The number of aryl methyl sites for hydroxylation is 1. The van der Waals surface area contributed by atoms with Crippen LogP contribution in [0.1, 0.15) is 25.5 Å². The Morgan fingerprint density at radius 3 is 2.76 bits per heavy atom. The average Bonchev–Trinajstić information content (AvgIpc) is 2.53. The minimum absolute atomic E-state index is 0.0907. The first-order chi connectivity index (χ1) is 7.92. The summed E-state index contributed by atoms with van der Waals surface area (Å²) in [7, 11) is 0.